The normalized spacial score (nSPS) is 9.47. The van der Waals surface area contributed by atoms with Crippen molar-refractivity contribution in [3.63, 3.8) is 0 Å². The van der Waals surface area contributed by atoms with Crippen LogP contribution in [0.25, 0.3) is 0 Å². The summed E-state index contributed by atoms with van der Waals surface area (Å²) in [4.78, 5) is 11.2. The van der Waals surface area contributed by atoms with Crippen molar-refractivity contribution < 1.29 is 4.79 Å². The molecule has 0 aromatic heterocycles. The first-order chi connectivity index (χ1) is 7.06. The Hall–Kier alpha value is -0.860. The standard InChI is InChI=1S/C10H8Br2N2O/c1-6-7(11)2-3-8(10(6)12)14-9(15)4-5-13/h2-3H,4H2,1H3,(H,14,15). The molecular weight excluding hydrogens is 324 g/mol. The smallest absolute Gasteiger partial charge is 0.238 e. The highest BCUT2D eigenvalue weighted by atomic mass is 79.9. The van der Waals surface area contributed by atoms with Gasteiger partial charge in [-0.25, -0.2) is 0 Å². The third kappa shape index (κ3) is 3.05. The molecule has 5 heteroatoms. The van der Waals surface area contributed by atoms with Gasteiger partial charge in [0.2, 0.25) is 5.91 Å². The molecule has 0 aliphatic rings. The van der Waals surface area contributed by atoms with Crippen LogP contribution in [-0.2, 0) is 4.79 Å². The van der Waals surface area contributed by atoms with Gasteiger partial charge in [-0.05, 0) is 40.5 Å². The zero-order valence-electron chi connectivity index (χ0n) is 7.97. The number of anilines is 1. The summed E-state index contributed by atoms with van der Waals surface area (Å²) in [5, 5.41) is 11.0. The second-order valence-electron chi connectivity index (χ2n) is 2.92. The zero-order chi connectivity index (χ0) is 11.4. The minimum absolute atomic E-state index is 0.137. The van der Waals surface area contributed by atoms with E-state index >= 15 is 0 Å². The Bertz CT molecular complexity index is 438. The topological polar surface area (TPSA) is 52.9 Å². The first-order valence-electron chi connectivity index (χ1n) is 4.17. The Morgan fingerprint density at radius 1 is 1.53 bits per heavy atom. The number of carbonyl (C=O) groups is 1. The zero-order valence-corrected chi connectivity index (χ0v) is 11.1. The lowest BCUT2D eigenvalue weighted by Crippen LogP contribution is -2.10. The average Bonchev–Trinajstić information content (AvgIpc) is 2.20. The third-order valence-corrected chi connectivity index (χ3v) is 3.71. The summed E-state index contributed by atoms with van der Waals surface area (Å²) < 4.78 is 1.79. The van der Waals surface area contributed by atoms with Crippen molar-refractivity contribution in [2.45, 2.75) is 13.3 Å². The number of nitrogens with one attached hydrogen (secondary N) is 1. The van der Waals surface area contributed by atoms with Crippen molar-refractivity contribution in [3.05, 3.63) is 26.6 Å². The van der Waals surface area contributed by atoms with Crippen LogP contribution in [0.2, 0.25) is 0 Å². The van der Waals surface area contributed by atoms with Gasteiger partial charge in [-0.2, -0.15) is 5.26 Å². The molecule has 0 fully saturated rings. The Morgan fingerprint density at radius 2 is 2.20 bits per heavy atom. The summed E-state index contributed by atoms with van der Waals surface area (Å²) in [7, 11) is 0. The summed E-state index contributed by atoms with van der Waals surface area (Å²) in [6.45, 7) is 1.92. The van der Waals surface area contributed by atoms with E-state index < -0.39 is 0 Å². The second kappa shape index (κ2) is 5.29. The molecule has 1 rings (SSSR count). The number of hydrogen-bond acceptors (Lipinski definition) is 2. The van der Waals surface area contributed by atoms with Gasteiger partial charge in [-0.3, -0.25) is 4.79 Å². The van der Waals surface area contributed by atoms with E-state index in [1.54, 1.807) is 12.1 Å². The number of amides is 1. The number of hydrogen-bond donors (Lipinski definition) is 1. The monoisotopic (exact) mass is 330 g/mol. The van der Waals surface area contributed by atoms with Gasteiger partial charge in [-0.15, -0.1) is 0 Å². The van der Waals surface area contributed by atoms with Crippen LogP contribution in [0, 0.1) is 18.3 Å². The maximum absolute atomic E-state index is 11.2. The largest absolute Gasteiger partial charge is 0.324 e. The fraction of sp³-hybridized carbons (Fsp3) is 0.200. The molecular formula is C10H8Br2N2O. The van der Waals surface area contributed by atoms with Crippen molar-refractivity contribution in [2.24, 2.45) is 0 Å². The first-order valence-corrected chi connectivity index (χ1v) is 5.76. The lowest BCUT2D eigenvalue weighted by molar-refractivity contribution is -0.115. The van der Waals surface area contributed by atoms with Crippen molar-refractivity contribution in [3.8, 4) is 6.07 Å². The fourth-order valence-electron chi connectivity index (χ4n) is 1.02. The van der Waals surface area contributed by atoms with E-state index in [4.69, 9.17) is 5.26 Å². The van der Waals surface area contributed by atoms with E-state index in [2.05, 4.69) is 37.2 Å². The van der Waals surface area contributed by atoms with E-state index in [1.807, 2.05) is 13.0 Å². The number of carbonyl (C=O) groups excluding carboxylic acids is 1. The summed E-state index contributed by atoms with van der Waals surface area (Å²) >= 11 is 6.77. The molecule has 1 amide bonds. The molecule has 0 saturated heterocycles. The highest BCUT2D eigenvalue weighted by Crippen LogP contribution is 2.31. The number of rotatable bonds is 2. The molecule has 1 N–H and O–H groups in total. The van der Waals surface area contributed by atoms with Crippen LogP contribution in [0.3, 0.4) is 0 Å². The first kappa shape index (κ1) is 12.2. The summed E-state index contributed by atoms with van der Waals surface area (Å²) in [5.41, 5.74) is 1.68. The van der Waals surface area contributed by atoms with Crippen molar-refractivity contribution >= 4 is 43.5 Å². The molecule has 1 aromatic rings. The highest BCUT2D eigenvalue weighted by Gasteiger charge is 2.08. The van der Waals surface area contributed by atoms with Gasteiger partial charge in [0.15, 0.2) is 0 Å². The van der Waals surface area contributed by atoms with Gasteiger partial charge in [-0.1, -0.05) is 15.9 Å². The Balaban J connectivity index is 2.93. The summed E-state index contributed by atoms with van der Waals surface area (Å²) in [6, 6.07) is 5.42. The summed E-state index contributed by atoms with van der Waals surface area (Å²) in [5.74, 6) is -0.306. The van der Waals surface area contributed by atoms with Crippen molar-refractivity contribution in [2.75, 3.05) is 5.32 Å². The second-order valence-corrected chi connectivity index (χ2v) is 4.56. The van der Waals surface area contributed by atoms with Crippen LogP contribution < -0.4 is 5.32 Å². The lowest BCUT2D eigenvalue weighted by atomic mass is 10.2. The summed E-state index contributed by atoms with van der Waals surface area (Å²) in [6.07, 6.45) is -0.137. The van der Waals surface area contributed by atoms with Crippen LogP contribution in [0.15, 0.2) is 21.1 Å². The molecule has 1 aromatic carbocycles. The predicted octanol–water partition coefficient (Wildman–Crippen LogP) is 3.37. The van der Waals surface area contributed by atoms with E-state index in [-0.39, 0.29) is 12.3 Å². The van der Waals surface area contributed by atoms with Gasteiger partial charge in [0.25, 0.3) is 0 Å². The Labute approximate surface area is 105 Å². The number of nitriles is 1. The number of benzene rings is 1. The molecule has 78 valence electrons. The third-order valence-electron chi connectivity index (χ3n) is 1.83. The van der Waals surface area contributed by atoms with Gasteiger partial charge in [0.1, 0.15) is 6.42 Å². The maximum Gasteiger partial charge on any atom is 0.238 e. The van der Waals surface area contributed by atoms with Crippen LogP contribution in [0.4, 0.5) is 5.69 Å². The lowest BCUT2D eigenvalue weighted by Gasteiger charge is -2.09. The quantitative estimate of drug-likeness (QED) is 0.903. The molecule has 0 heterocycles. The number of nitrogens with zero attached hydrogens (tertiary/aromatic N) is 1. The SMILES string of the molecule is Cc1c(Br)ccc(NC(=O)CC#N)c1Br. The van der Waals surface area contributed by atoms with E-state index in [9.17, 15) is 4.79 Å². The van der Waals surface area contributed by atoms with Gasteiger partial charge >= 0.3 is 0 Å². The molecule has 15 heavy (non-hydrogen) atoms. The Morgan fingerprint density at radius 3 is 2.80 bits per heavy atom. The van der Waals surface area contributed by atoms with Crippen LogP contribution in [0.1, 0.15) is 12.0 Å². The molecule has 0 saturated carbocycles. The molecule has 0 atom stereocenters. The minimum Gasteiger partial charge on any atom is -0.324 e. The van der Waals surface area contributed by atoms with E-state index in [0.717, 1.165) is 14.5 Å². The molecule has 0 radical (unpaired) electrons. The van der Waals surface area contributed by atoms with Crippen LogP contribution in [-0.4, -0.2) is 5.91 Å². The molecule has 0 aliphatic carbocycles. The molecule has 0 aliphatic heterocycles. The highest BCUT2D eigenvalue weighted by molar-refractivity contribution is 9.11. The van der Waals surface area contributed by atoms with Crippen molar-refractivity contribution in [1.29, 1.82) is 5.26 Å². The van der Waals surface area contributed by atoms with E-state index in [1.165, 1.54) is 0 Å². The van der Waals surface area contributed by atoms with Crippen LogP contribution >= 0.6 is 31.9 Å². The van der Waals surface area contributed by atoms with Gasteiger partial charge in [0, 0.05) is 8.95 Å². The molecule has 0 bridgehead atoms. The average molecular weight is 332 g/mol. The van der Waals surface area contributed by atoms with Gasteiger partial charge in [0.05, 0.1) is 11.8 Å². The predicted molar refractivity (Wildman–Crippen MR) is 65.4 cm³/mol. The molecule has 0 unspecified atom stereocenters. The van der Waals surface area contributed by atoms with Gasteiger partial charge < -0.3 is 5.32 Å². The minimum atomic E-state index is -0.306. The number of halogens is 2. The van der Waals surface area contributed by atoms with E-state index in [0.29, 0.717) is 5.69 Å². The molecule has 0 spiro atoms. The maximum atomic E-state index is 11.2. The van der Waals surface area contributed by atoms with Crippen LogP contribution in [0.5, 0.6) is 0 Å². The molecule has 3 nitrogen and oxygen atoms in total. The van der Waals surface area contributed by atoms with Crippen molar-refractivity contribution in [1.82, 2.24) is 0 Å². The fourth-order valence-corrected chi connectivity index (χ4v) is 2.07. The Kier molecular flexibility index (Phi) is 4.30.